The fraction of sp³-hybridized carbons (Fsp3) is 0.364. The molecule has 82 valence electrons. The normalized spacial score (nSPS) is 9.73. The highest BCUT2D eigenvalue weighted by molar-refractivity contribution is 5.64. The molecule has 0 bridgehead atoms. The van der Waals surface area contributed by atoms with Crippen LogP contribution in [-0.2, 0) is 6.54 Å². The summed E-state index contributed by atoms with van der Waals surface area (Å²) in [5, 5.41) is 8.68. The highest BCUT2D eigenvalue weighted by Gasteiger charge is 2.05. The van der Waals surface area contributed by atoms with E-state index in [0.29, 0.717) is 13.2 Å². The van der Waals surface area contributed by atoms with E-state index in [2.05, 4.69) is 0 Å². The minimum absolute atomic E-state index is 0.391. The first-order valence-corrected chi connectivity index (χ1v) is 4.79. The Morgan fingerprint density at radius 1 is 1.40 bits per heavy atom. The molecular weight excluding hydrogens is 194 g/mol. The third-order valence-electron chi connectivity index (χ3n) is 1.98. The van der Waals surface area contributed by atoms with Crippen LogP contribution in [0.1, 0.15) is 12.5 Å². The summed E-state index contributed by atoms with van der Waals surface area (Å²) in [5.41, 5.74) is 0.948. The first kappa shape index (κ1) is 11.4. The molecule has 1 N–H and O–H groups in total. The average molecular weight is 209 g/mol. The molecule has 1 aromatic rings. The van der Waals surface area contributed by atoms with Crippen molar-refractivity contribution in [2.75, 3.05) is 13.7 Å². The fourth-order valence-electron chi connectivity index (χ4n) is 1.20. The predicted molar refractivity (Wildman–Crippen MR) is 57.1 cm³/mol. The lowest BCUT2D eigenvalue weighted by Gasteiger charge is -2.13. The van der Waals surface area contributed by atoms with E-state index in [4.69, 9.17) is 9.84 Å². The second kappa shape index (κ2) is 5.24. The molecule has 0 heterocycles. The van der Waals surface area contributed by atoms with Gasteiger partial charge in [-0.1, -0.05) is 12.1 Å². The number of hydrogen-bond donors (Lipinski definition) is 1. The summed E-state index contributed by atoms with van der Waals surface area (Å²) in [6.07, 6.45) is -0.927. The summed E-state index contributed by atoms with van der Waals surface area (Å²) in [6.45, 7) is 2.95. The fourth-order valence-corrected chi connectivity index (χ4v) is 1.20. The van der Waals surface area contributed by atoms with Crippen molar-refractivity contribution in [1.29, 1.82) is 0 Å². The van der Waals surface area contributed by atoms with Crippen molar-refractivity contribution in [3.8, 4) is 5.75 Å². The third-order valence-corrected chi connectivity index (χ3v) is 1.98. The first-order valence-electron chi connectivity index (χ1n) is 4.79. The molecule has 15 heavy (non-hydrogen) atoms. The smallest absolute Gasteiger partial charge is 0.407 e. The third kappa shape index (κ3) is 3.50. The zero-order chi connectivity index (χ0) is 11.3. The van der Waals surface area contributed by atoms with Gasteiger partial charge in [-0.3, -0.25) is 0 Å². The molecule has 0 aromatic heterocycles. The van der Waals surface area contributed by atoms with Crippen LogP contribution < -0.4 is 4.74 Å². The Labute approximate surface area is 89.1 Å². The minimum atomic E-state index is -0.927. The lowest BCUT2D eigenvalue weighted by Crippen LogP contribution is -2.23. The number of ether oxygens (including phenoxy) is 1. The van der Waals surface area contributed by atoms with Crippen molar-refractivity contribution in [3.63, 3.8) is 0 Å². The summed E-state index contributed by atoms with van der Waals surface area (Å²) in [5.74, 6) is 0.805. The molecule has 1 rings (SSSR count). The van der Waals surface area contributed by atoms with Gasteiger partial charge in [0, 0.05) is 13.6 Å². The monoisotopic (exact) mass is 209 g/mol. The SMILES string of the molecule is CCOc1ccc(CN(C)C(=O)O)cc1. The Hall–Kier alpha value is -1.71. The molecule has 0 fully saturated rings. The summed E-state index contributed by atoms with van der Waals surface area (Å²) in [7, 11) is 1.54. The molecule has 0 spiro atoms. The van der Waals surface area contributed by atoms with Gasteiger partial charge < -0.3 is 14.7 Å². The van der Waals surface area contributed by atoms with Crippen LogP contribution in [0.2, 0.25) is 0 Å². The molecule has 4 heteroatoms. The molecule has 0 saturated heterocycles. The van der Waals surface area contributed by atoms with Crippen LogP contribution in [0.15, 0.2) is 24.3 Å². The number of nitrogens with zero attached hydrogens (tertiary/aromatic N) is 1. The summed E-state index contributed by atoms with van der Waals surface area (Å²) in [4.78, 5) is 11.8. The summed E-state index contributed by atoms with van der Waals surface area (Å²) < 4.78 is 5.28. The molecule has 1 aromatic carbocycles. The molecule has 1 amide bonds. The van der Waals surface area contributed by atoms with Gasteiger partial charge in [0.1, 0.15) is 5.75 Å². The number of hydrogen-bond acceptors (Lipinski definition) is 2. The van der Waals surface area contributed by atoms with Gasteiger partial charge >= 0.3 is 6.09 Å². The molecule has 0 aliphatic rings. The number of carboxylic acid groups (broad SMARTS) is 1. The maximum Gasteiger partial charge on any atom is 0.407 e. The molecule has 0 aliphatic carbocycles. The van der Waals surface area contributed by atoms with E-state index in [-0.39, 0.29) is 0 Å². The zero-order valence-electron chi connectivity index (χ0n) is 8.93. The van der Waals surface area contributed by atoms with Crippen LogP contribution in [0, 0.1) is 0 Å². The average Bonchev–Trinajstić information content (AvgIpc) is 2.21. The Bertz CT molecular complexity index is 321. The van der Waals surface area contributed by atoms with Crippen LogP contribution in [0.5, 0.6) is 5.75 Å². The molecular formula is C11H15NO3. The van der Waals surface area contributed by atoms with Crippen molar-refractivity contribution < 1.29 is 14.6 Å². The lowest BCUT2D eigenvalue weighted by atomic mass is 10.2. The molecule has 0 radical (unpaired) electrons. The highest BCUT2D eigenvalue weighted by Crippen LogP contribution is 2.13. The van der Waals surface area contributed by atoms with Crippen LogP contribution >= 0.6 is 0 Å². The maximum absolute atomic E-state index is 10.6. The van der Waals surface area contributed by atoms with Crippen molar-refractivity contribution in [3.05, 3.63) is 29.8 Å². The Morgan fingerprint density at radius 2 is 2.00 bits per heavy atom. The van der Waals surface area contributed by atoms with Crippen LogP contribution in [0.3, 0.4) is 0 Å². The van der Waals surface area contributed by atoms with E-state index < -0.39 is 6.09 Å². The van der Waals surface area contributed by atoms with Crippen molar-refractivity contribution in [2.45, 2.75) is 13.5 Å². The molecule has 0 atom stereocenters. The van der Waals surface area contributed by atoms with Crippen LogP contribution in [0.25, 0.3) is 0 Å². The lowest BCUT2D eigenvalue weighted by molar-refractivity contribution is 0.154. The predicted octanol–water partition coefficient (Wildman–Crippen LogP) is 2.20. The van der Waals surface area contributed by atoms with Crippen molar-refractivity contribution in [2.24, 2.45) is 0 Å². The van der Waals surface area contributed by atoms with Gasteiger partial charge in [-0.15, -0.1) is 0 Å². The minimum Gasteiger partial charge on any atom is -0.494 e. The summed E-state index contributed by atoms with van der Waals surface area (Å²) >= 11 is 0. The molecule has 4 nitrogen and oxygen atoms in total. The van der Waals surface area contributed by atoms with Gasteiger partial charge in [-0.2, -0.15) is 0 Å². The first-order chi connectivity index (χ1) is 7.13. The molecule has 0 aliphatic heterocycles. The Kier molecular flexibility index (Phi) is 3.97. The standard InChI is InChI=1S/C11H15NO3/c1-3-15-10-6-4-9(5-7-10)8-12(2)11(13)14/h4-7H,3,8H2,1-2H3,(H,13,14). The van der Waals surface area contributed by atoms with Crippen molar-refractivity contribution in [1.82, 2.24) is 4.90 Å². The van der Waals surface area contributed by atoms with Crippen LogP contribution in [0.4, 0.5) is 4.79 Å². The maximum atomic E-state index is 10.6. The number of carbonyl (C=O) groups is 1. The van der Waals surface area contributed by atoms with Gasteiger partial charge in [-0.25, -0.2) is 4.79 Å². The van der Waals surface area contributed by atoms with E-state index in [1.54, 1.807) is 7.05 Å². The summed E-state index contributed by atoms with van der Waals surface area (Å²) in [6, 6.07) is 7.41. The second-order valence-electron chi connectivity index (χ2n) is 3.22. The van der Waals surface area contributed by atoms with Gasteiger partial charge in [0.25, 0.3) is 0 Å². The number of rotatable bonds is 4. The highest BCUT2D eigenvalue weighted by atomic mass is 16.5. The second-order valence-corrected chi connectivity index (χ2v) is 3.22. The van der Waals surface area contributed by atoms with E-state index >= 15 is 0 Å². The van der Waals surface area contributed by atoms with E-state index in [1.807, 2.05) is 31.2 Å². The Morgan fingerprint density at radius 3 is 2.47 bits per heavy atom. The van der Waals surface area contributed by atoms with E-state index in [9.17, 15) is 4.79 Å². The van der Waals surface area contributed by atoms with Gasteiger partial charge in [-0.05, 0) is 24.6 Å². The number of benzene rings is 1. The van der Waals surface area contributed by atoms with Gasteiger partial charge in [0.2, 0.25) is 0 Å². The number of amides is 1. The van der Waals surface area contributed by atoms with Crippen LogP contribution in [-0.4, -0.2) is 29.8 Å². The van der Waals surface area contributed by atoms with Gasteiger partial charge in [0.05, 0.1) is 6.61 Å². The van der Waals surface area contributed by atoms with E-state index in [1.165, 1.54) is 4.90 Å². The largest absolute Gasteiger partial charge is 0.494 e. The Balaban J connectivity index is 2.60. The van der Waals surface area contributed by atoms with Gasteiger partial charge in [0.15, 0.2) is 0 Å². The van der Waals surface area contributed by atoms with E-state index in [0.717, 1.165) is 11.3 Å². The topological polar surface area (TPSA) is 49.8 Å². The quantitative estimate of drug-likeness (QED) is 0.827. The molecule has 0 saturated carbocycles. The molecule has 0 unspecified atom stereocenters. The van der Waals surface area contributed by atoms with Crippen molar-refractivity contribution >= 4 is 6.09 Å². The zero-order valence-corrected chi connectivity index (χ0v) is 8.93.